The molecule has 2 atom stereocenters. The predicted octanol–water partition coefficient (Wildman–Crippen LogP) is 7.77. The van der Waals surface area contributed by atoms with E-state index in [1.807, 2.05) is 12.1 Å². The van der Waals surface area contributed by atoms with Crippen molar-refractivity contribution in [2.24, 2.45) is 17.8 Å². The highest BCUT2D eigenvalue weighted by molar-refractivity contribution is 6.35. The van der Waals surface area contributed by atoms with Crippen LogP contribution in [0.2, 0.25) is 12.1 Å². The van der Waals surface area contributed by atoms with Crippen molar-refractivity contribution in [2.45, 2.75) is 83.2 Å². The van der Waals surface area contributed by atoms with E-state index in [-0.39, 0.29) is 15.3 Å². The number of rotatable bonds is 6. The van der Waals surface area contributed by atoms with Gasteiger partial charge in [-0.05, 0) is 83.7 Å². The summed E-state index contributed by atoms with van der Waals surface area (Å²) < 4.78 is 13.4. The maximum Gasteiger partial charge on any atom is 0.123 e. The molecule has 1 saturated carbocycles. The van der Waals surface area contributed by atoms with E-state index in [0.29, 0.717) is 0 Å². The summed E-state index contributed by atoms with van der Waals surface area (Å²) in [5, 5.41) is 0. The van der Waals surface area contributed by atoms with Crippen LogP contribution in [-0.4, -0.2) is 9.52 Å². The van der Waals surface area contributed by atoms with Crippen molar-refractivity contribution in [1.82, 2.24) is 0 Å². The van der Waals surface area contributed by atoms with Crippen LogP contribution in [0.15, 0.2) is 42.5 Å². The van der Waals surface area contributed by atoms with Gasteiger partial charge in [0.2, 0.25) is 0 Å². The van der Waals surface area contributed by atoms with Gasteiger partial charge in [0, 0.05) is 9.52 Å². The van der Waals surface area contributed by atoms with Crippen molar-refractivity contribution in [3.63, 3.8) is 0 Å². The van der Waals surface area contributed by atoms with Gasteiger partial charge >= 0.3 is 0 Å². The largest absolute Gasteiger partial charge is 0.207 e. The first-order valence-corrected chi connectivity index (χ1v) is 14.6. The lowest BCUT2D eigenvalue weighted by Crippen LogP contribution is -2.30. The molecule has 2 aliphatic rings. The molecule has 0 bridgehead atoms. The second kappa shape index (κ2) is 10.3. The fourth-order valence-corrected chi connectivity index (χ4v) is 8.86. The average Bonchev–Trinajstić information content (AvgIpc) is 2.80. The second-order valence-electron chi connectivity index (χ2n) is 9.90. The molecule has 30 heavy (non-hydrogen) atoms. The molecule has 0 spiro atoms. The molecule has 0 aromatic heterocycles. The topological polar surface area (TPSA) is 0 Å². The van der Waals surface area contributed by atoms with Gasteiger partial charge in [0.05, 0.1) is 0 Å². The molecule has 2 aromatic rings. The highest BCUT2D eigenvalue weighted by Gasteiger charge is 2.35. The molecule has 1 heterocycles. The number of hydrogen-bond donors (Lipinski definition) is 0. The fourth-order valence-electron chi connectivity index (χ4n) is 6.50. The zero-order valence-corrected chi connectivity index (χ0v) is 20.4. The van der Waals surface area contributed by atoms with Crippen LogP contribution >= 0.6 is 0 Å². The van der Waals surface area contributed by atoms with E-state index >= 15 is 0 Å². The van der Waals surface area contributed by atoms with Crippen LogP contribution in [0.5, 0.6) is 0 Å². The van der Waals surface area contributed by atoms with Gasteiger partial charge in [-0.3, -0.25) is 0 Å². The number of aryl methyl sites for hydroxylation is 1. The van der Waals surface area contributed by atoms with Gasteiger partial charge in [-0.2, -0.15) is 0 Å². The van der Waals surface area contributed by atoms with Gasteiger partial charge in [-0.25, -0.2) is 4.39 Å². The van der Waals surface area contributed by atoms with Gasteiger partial charge in [0.25, 0.3) is 0 Å². The van der Waals surface area contributed by atoms with Gasteiger partial charge in [-0.1, -0.05) is 82.0 Å². The van der Waals surface area contributed by atoms with Crippen molar-refractivity contribution in [3.8, 4) is 11.1 Å². The molecule has 0 radical (unpaired) electrons. The normalized spacial score (nSPS) is 28.0. The number of benzene rings is 2. The SMILES string of the molecule is CCCC1CCC([C@@H]2C[SiH2]CC[C@H]2c2ccc(-c3ccc(F)cc3)c(CC)c2)CC1. The quantitative estimate of drug-likeness (QED) is 0.417. The molecule has 1 aliphatic heterocycles. The van der Waals surface area contributed by atoms with E-state index < -0.39 is 0 Å². The number of halogens is 1. The van der Waals surface area contributed by atoms with E-state index in [4.69, 9.17) is 0 Å². The summed E-state index contributed by atoms with van der Waals surface area (Å²) in [5.74, 6) is 3.53. The monoisotopic (exact) mass is 422 g/mol. The van der Waals surface area contributed by atoms with E-state index in [9.17, 15) is 4.39 Å². The Balaban J connectivity index is 1.54. The van der Waals surface area contributed by atoms with Crippen LogP contribution < -0.4 is 0 Å². The minimum atomic E-state index is -0.156. The maximum atomic E-state index is 13.4. The molecule has 162 valence electrons. The molecule has 1 aliphatic carbocycles. The van der Waals surface area contributed by atoms with E-state index in [2.05, 4.69) is 32.0 Å². The Labute approximate surface area is 185 Å². The van der Waals surface area contributed by atoms with Crippen molar-refractivity contribution < 1.29 is 4.39 Å². The van der Waals surface area contributed by atoms with Crippen molar-refractivity contribution in [3.05, 3.63) is 59.4 Å². The van der Waals surface area contributed by atoms with Crippen molar-refractivity contribution >= 4 is 9.52 Å². The third-order valence-electron chi connectivity index (χ3n) is 8.11. The Hall–Kier alpha value is -1.41. The highest BCUT2D eigenvalue weighted by atomic mass is 28.2. The Morgan fingerprint density at radius 3 is 2.40 bits per heavy atom. The fraction of sp³-hybridized carbons (Fsp3) is 0.571. The maximum absolute atomic E-state index is 13.4. The smallest absolute Gasteiger partial charge is 0.123 e. The van der Waals surface area contributed by atoms with Crippen molar-refractivity contribution in [1.29, 1.82) is 0 Å². The zero-order chi connectivity index (χ0) is 20.9. The molecular weight excluding hydrogens is 383 g/mol. The van der Waals surface area contributed by atoms with Crippen LogP contribution in [0, 0.1) is 23.6 Å². The summed E-state index contributed by atoms with van der Waals surface area (Å²) in [7, 11) is 0.153. The van der Waals surface area contributed by atoms with Crippen molar-refractivity contribution in [2.75, 3.05) is 0 Å². The van der Waals surface area contributed by atoms with Gasteiger partial charge < -0.3 is 0 Å². The summed E-state index contributed by atoms with van der Waals surface area (Å²) in [6.45, 7) is 4.60. The number of hydrogen-bond acceptors (Lipinski definition) is 0. The van der Waals surface area contributed by atoms with Gasteiger partial charge in [0.15, 0.2) is 0 Å². The molecule has 0 amide bonds. The highest BCUT2D eigenvalue weighted by Crippen LogP contribution is 2.47. The van der Waals surface area contributed by atoms with E-state index in [1.54, 1.807) is 23.7 Å². The molecule has 0 unspecified atom stereocenters. The summed E-state index contributed by atoms with van der Waals surface area (Å²) in [4.78, 5) is 0. The zero-order valence-electron chi connectivity index (χ0n) is 19.0. The molecule has 0 N–H and O–H groups in total. The molecule has 4 rings (SSSR count). The minimum absolute atomic E-state index is 0.153. The molecular formula is C28H39FSi. The lowest BCUT2D eigenvalue weighted by molar-refractivity contribution is 0.181. The first-order valence-electron chi connectivity index (χ1n) is 12.6. The summed E-state index contributed by atoms with van der Waals surface area (Å²) in [5.41, 5.74) is 5.43. The van der Waals surface area contributed by atoms with Crippen LogP contribution in [-0.2, 0) is 6.42 Å². The van der Waals surface area contributed by atoms with E-state index in [0.717, 1.165) is 35.7 Å². The third-order valence-corrected chi connectivity index (χ3v) is 10.1. The van der Waals surface area contributed by atoms with Crippen LogP contribution in [0.4, 0.5) is 4.39 Å². The molecule has 1 saturated heterocycles. The lowest BCUT2D eigenvalue weighted by atomic mass is 9.69. The van der Waals surface area contributed by atoms with E-state index in [1.165, 1.54) is 62.1 Å². The van der Waals surface area contributed by atoms with Crippen LogP contribution in [0.3, 0.4) is 0 Å². The summed E-state index contributed by atoms with van der Waals surface area (Å²) in [6.07, 6.45) is 11.2. The first kappa shape index (κ1) is 21.8. The first-order chi connectivity index (χ1) is 14.7. The molecule has 2 heteroatoms. The van der Waals surface area contributed by atoms with Gasteiger partial charge in [-0.15, -0.1) is 0 Å². The van der Waals surface area contributed by atoms with Gasteiger partial charge in [0.1, 0.15) is 5.82 Å². The standard InChI is InChI=1S/C28H39FSi/c1-3-5-20-6-8-23(9-7-20)28-19-30-17-16-27(28)24-12-15-26(21(4-2)18-24)22-10-13-25(29)14-11-22/h10-15,18,20,23,27-28H,3-9,16-17,19,30H2,1-2H3/t20?,23?,27-,28-/m0/s1. The van der Waals surface area contributed by atoms with Crippen LogP contribution in [0.25, 0.3) is 11.1 Å². The predicted molar refractivity (Wildman–Crippen MR) is 131 cm³/mol. The molecule has 2 aromatic carbocycles. The second-order valence-corrected chi connectivity index (χ2v) is 11.9. The summed E-state index contributed by atoms with van der Waals surface area (Å²) in [6, 6.07) is 17.3. The Kier molecular flexibility index (Phi) is 7.46. The van der Waals surface area contributed by atoms with Crippen LogP contribution in [0.1, 0.15) is 75.8 Å². The Bertz CT molecular complexity index is 804. The molecule has 2 fully saturated rings. The third kappa shape index (κ3) is 4.90. The average molecular weight is 423 g/mol. The molecule has 0 nitrogen and oxygen atoms in total. The Morgan fingerprint density at radius 1 is 0.933 bits per heavy atom. The minimum Gasteiger partial charge on any atom is -0.207 e. The lowest BCUT2D eigenvalue weighted by Gasteiger charge is -2.41. The Morgan fingerprint density at radius 2 is 1.70 bits per heavy atom. The summed E-state index contributed by atoms with van der Waals surface area (Å²) >= 11 is 0.